The van der Waals surface area contributed by atoms with Gasteiger partial charge in [0, 0.05) is 30.0 Å². The molecule has 1 heterocycles. The van der Waals surface area contributed by atoms with Gasteiger partial charge < -0.3 is 14.2 Å². The van der Waals surface area contributed by atoms with Gasteiger partial charge in [0.2, 0.25) is 5.91 Å². The molecule has 0 saturated carbocycles. The van der Waals surface area contributed by atoms with Crippen LogP contribution in [0.2, 0.25) is 5.02 Å². The van der Waals surface area contributed by atoms with E-state index in [1.54, 1.807) is 0 Å². The largest absolute Gasteiger partial charge is 0.367 e. The van der Waals surface area contributed by atoms with E-state index < -0.39 is 0 Å². The molecule has 1 amide bonds. The Morgan fingerprint density at radius 1 is 0.788 bits per heavy atom. The minimum atomic E-state index is -0.0414. The van der Waals surface area contributed by atoms with Crippen molar-refractivity contribution in [2.45, 2.75) is 26.2 Å². The summed E-state index contributed by atoms with van der Waals surface area (Å²) in [6.45, 7) is 2.10. The highest BCUT2D eigenvalue weighted by Gasteiger charge is 2.17. The van der Waals surface area contributed by atoms with Crippen molar-refractivity contribution in [1.29, 1.82) is 0 Å². The van der Waals surface area contributed by atoms with Gasteiger partial charge in [0.05, 0.1) is 13.2 Å². The van der Waals surface area contributed by atoms with Crippen molar-refractivity contribution in [3.8, 4) is 0 Å². The third-order valence-corrected chi connectivity index (χ3v) is 5.85. The predicted molar refractivity (Wildman–Crippen MR) is 132 cm³/mol. The molecule has 0 spiro atoms. The Labute approximate surface area is 200 Å². The van der Waals surface area contributed by atoms with E-state index in [0.29, 0.717) is 26.2 Å². The molecule has 0 N–H and O–H groups in total. The summed E-state index contributed by atoms with van der Waals surface area (Å²) >= 11 is 6.37. The number of aromatic nitrogens is 1. The number of ether oxygens (including phenoxy) is 1. The molecule has 0 unspecified atom stereocenters. The molecule has 1 aromatic heterocycles. The lowest BCUT2D eigenvalue weighted by Crippen LogP contribution is -2.34. The van der Waals surface area contributed by atoms with Crippen molar-refractivity contribution in [3.05, 3.63) is 131 Å². The summed E-state index contributed by atoms with van der Waals surface area (Å²) in [5, 5.41) is 0.740. The number of rotatable bonds is 10. The fraction of sp³-hybridized carbons (Fsp3) is 0.179. The number of hydrogen-bond donors (Lipinski definition) is 0. The van der Waals surface area contributed by atoms with Crippen LogP contribution < -0.4 is 0 Å². The van der Waals surface area contributed by atoms with Crippen molar-refractivity contribution in [2.24, 2.45) is 0 Å². The Bertz CT molecular complexity index is 1160. The van der Waals surface area contributed by atoms with Gasteiger partial charge in [0.1, 0.15) is 6.61 Å². The summed E-state index contributed by atoms with van der Waals surface area (Å²) < 4.78 is 7.88. The van der Waals surface area contributed by atoms with E-state index in [1.165, 1.54) is 0 Å². The average molecular weight is 459 g/mol. The zero-order valence-electron chi connectivity index (χ0n) is 18.4. The van der Waals surface area contributed by atoms with Crippen LogP contribution in [0.15, 0.2) is 103 Å². The molecule has 0 radical (unpaired) electrons. The Morgan fingerprint density at radius 2 is 1.45 bits per heavy atom. The van der Waals surface area contributed by atoms with Crippen LogP contribution in [-0.2, 0) is 35.8 Å². The number of halogens is 1. The van der Waals surface area contributed by atoms with Gasteiger partial charge in [-0.3, -0.25) is 4.79 Å². The smallest absolute Gasteiger partial charge is 0.249 e. The zero-order valence-corrected chi connectivity index (χ0v) is 19.2. The van der Waals surface area contributed by atoms with E-state index >= 15 is 0 Å². The van der Waals surface area contributed by atoms with E-state index in [-0.39, 0.29) is 12.5 Å². The Hall–Kier alpha value is -3.34. The maximum Gasteiger partial charge on any atom is 0.249 e. The van der Waals surface area contributed by atoms with Crippen LogP contribution in [0.1, 0.15) is 22.4 Å². The summed E-state index contributed by atoms with van der Waals surface area (Å²) in [4.78, 5) is 15.0. The molecule has 0 aliphatic heterocycles. The molecule has 0 atom stereocenters. The monoisotopic (exact) mass is 458 g/mol. The molecule has 4 nitrogen and oxygen atoms in total. The zero-order chi connectivity index (χ0) is 22.9. The van der Waals surface area contributed by atoms with Crippen molar-refractivity contribution >= 4 is 17.5 Å². The third kappa shape index (κ3) is 6.58. The average Bonchev–Trinajstić information content (AvgIpc) is 3.28. The van der Waals surface area contributed by atoms with Crippen LogP contribution in [0.5, 0.6) is 0 Å². The first-order chi connectivity index (χ1) is 16.2. The molecular weight excluding hydrogens is 432 g/mol. The number of carbonyl (C=O) groups excluding carboxylic acids is 1. The van der Waals surface area contributed by atoms with Gasteiger partial charge in [0.25, 0.3) is 0 Å². The lowest BCUT2D eigenvalue weighted by atomic mass is 10.2. The summed E-state index contributed by atoms with van der Waals surface area (Å²) in [5.74, 6) is -0.0414. The molecule has 0 fully saturated rings. The quantitative estimate of drug-likeness (QED) is 0.295. The second-order valence-electron chi connectivity index (χ2n) is 7.93. The summed E-state index contributed by atoms with van der Waals surface area (Å²) in [6.07, 6.45) is 2.02. The first kappa shape index (κ1) is 22.8. The van der Waals surface area contributed by atoms with E-state index in [2.05, 4.69) is 4.57 Å². The second kappa shape index (κ2) is 11.5. The van der Waals surface area contributed by atoms with E-state index in [4.69, 9.17) is 16.3 Å². The van der Waals surface area contributed by atoms with Crippen molar-refractivity contribution in [1.82, 2.24) is 9.47 Å². The lowest BCUT2D eigenvalue weighted by molar-refractivity contribution is -0.138. The van der Waals surface area contributed by atoms with Crippen molar-refractivity contribution in [3.63, 3.8) is 0 Å². The Balaban J connectivity index is 1.46. The first-order valence-corrected chi connectivity index (χ1v) is 11.4. The SMILES string of the molecule is O=C(COCc1ccccc1)N(Cc1ccccc1)Cc1cccn1Cc1ccccc1Cl. The van der Waals surface area contributed by atoms with E-state index in [0.717, 1.165) is 27.4 Å². The van der Waals surface area contributed by atoms with Crippen LogP contribution in [0.4, 0.5) is 0 Å². The van der Waals surface area contributed by atoms with Crippen LogP contribution in [0.25, 0.3) is 0 Å². The van der Waals surface area contributed by atoms with Crippen molar-refractivity contribution < 1.29 is 9.53 Å². The maximum absolute atomic E-state index is 13.2. The van der Waals surface area contributed by atoms with E-state index in [1.807, 2.05) is 108 Å². The summed E-state index contributed by atoms with van der Waals surface area (Å²) in [7, 11) is 0. The number of nitrogens with zero attached hydrogens (tertiary/aromatic N) is 2. The molecule has 0 saturated heterocycles. The van der Waals surface area contributed by atoms with E-state index in [9.17, 15) is 4.79 Å². The fourth-order valence-electron chi connectivity index (χ4n) is 3.71. The molecular formula is C28H27ClN2O2. The number of hydrogen-bond acceptors (Lipinski definition) is 2. The molecule has 33 heavy (non-hydrogen) atoms. The highest BCUT2D eigenvalue weighted by atomic mass is 35.5. The standard InChI is InChI=1S/C28H27ClN2O2/c29-27-16-8-7-14-25(27)19-30-17-9-15-26(30)20-31(18-23-10-3-1-4-11-23)28(32)22-33-21-24-12-5-2-6-13-24/h1-17H,18-22H2. The topological polar surface area (TPSA) is 34.5 Å². The summed E-state index contributed by atoms with van der Waals surface area (Å²) in [5.41, 5.74) is 4.22. The number of amides is 1. The molecule has 5 heteroatoms. The van der Waals surface area contributed by atoms with Gasteiger partial charge in [0.15, 0.2) is 0 Å². The molecule has 4 rings (SSSR count). The minimum absolute atomic E-state index is 0.0347. The molecule has 0 bridgehead atoms. The highest BCUT2D eigenvalue weighted by molar-refractivity contribution is 6.31. The molecule has 0 aliphatic carbocycles. The molecule has 0 aliphatic rings. The molecule has 3 aromatic carbocycles. The van der Waals surface area contributed by atoms with Crippen molar-refractivity contribution in [2.75, 3.05) is 6.61 Å². The van der Waals surface area contributed by atoms with Gasteiger partial charge in [-0.2, -0.15) is 0 Å². The lowest BCUT2D eigenvalue weighted by Gasteiger charge is -2.24. The van der Waals surface area contributed by atoms with Gasteiger partial charge in [-0.15, -0.1) is 0 Å². The fourth-order valence-corrected chi connectivity index (χ4v) is 3.91. The van der Waals surface area contributed by atoms with Crippen LogP contribution in [0.3, 0.4) is 0 Å². The molecule has 168 valence electrons. The first-order valence-electron chi connectivity index (χ1n) is 11.0. The van der Waals surface area contributed by atoms with Crippen LogP contribution in [0, 0.1) is 0 Å². The minimum Gasteiger partial charge on any atom is -0.367 e. The third-order valence-electron chi connectivity index (χ3n) is 5.48. The van der Waals surface area contributed by atoms with Gasteiger partial charge >= 0.3 is 0 Å². The normalized spacial score (nSPS) is 10.8. The van der Waals surface area contributed by atoms with Crippen LogP contribution >= 0.6 is 11.6 Å². The van der Waals surface area contributed by atoms with Gasteiger partial charge in [-0.25, -0.2) is 0 Å². The Kier molecular flexibility index (Phi) is 7.96. The van der Waals surface area contributed by atoms with Gasteiger partial charge in [-0.1, -0.05) is 90.5 Å². The van der Waals surface area contributed by atoms with Gasteiger partial charge in [-0.05, 0) is 34.9 Å². The second-order valence-corrected chi connectivity index (χ2v) is 8.34. The molecule has 4 aromatic rings. The van der Waals surface area contributed by atoms with Crippen LogP contribution in [-0.4, -0.2) is 22.0 Å². The number of benzene rings is 3. The number of carbonyl (C=O) groups is 1. The summed E-state index contributed by atoms with van der Waals surface area (Å²) in [6, 6.07) is 31.8. The highest BCUT2D eigenvalue weighted by Crippen LogP contribution is 2.19. The predicted octanol–water partition coefficient (Wildman–Crippen LogP) is 5.94. The Morgan fingerprint density at radius 3 is 2.18 bits per heavy atom. The maximum atomic E-state index is 13.2.